The maximum absolute atomic E-state index is 11.8. The maximum atomic E-state index is 11.8. The van der Waals surface area contributed by atoms with Crippen LogP contribution in [0.5, 0.6) is 0 Å². The number of anilines is 1. The third kappa shape index (κ3) is 4.84. The number of carbonyl (C=O) groups is 1. The molecule has 1 amide bonds. The number of hydrogen-bond donors (Lipinski definition) is 2. The molecule has 0 atom stereocenters. The molecule has 1 aliphatic heterocycles. The van der Waals surface area contributed by atoms with Crippen molar-refractivity contribution in [1.29, 1.82) is 10.5 Å². The van der Waals surface area contributed by atoms with Crippen LogP contribution in [-0.4, -0.2) is 48.5 Å². The molecule has 3 heterocycles. The molecule has 8 nitrogen and oxygen atoms in total. The Morgan fingerprint density at radius 3 is 2.71 bits per heavy atom. The smallest absolute Gasteiger partial charge is 0.300 e. The summed E-state index contributed by atoms with van der Waals surface area (Å²) in [5, 5.41) is 21.9. The van der Waals surface area contributed by atoms with E-state index in [2.05, 4.69) is 32.4 Å². The summed E-state index contributed by atoms with van der Waals surface area (Å²) < 4.78 is 5.55. The summed E-state index contributed by atoms with van der Waals surface area (Å²) in [4.78, 5) is 20.0. The zero-order valence-corrected chi connectivity index (χ0v) is 19.4. The average molecular weight is 467 g/mol. The van der Waals surface area contributed by atoms with Gasteiger partial charge >= 0.3 is 0 Å². The maximum Gasteiger partial charge on any atom is 0.300 e. The SMILES string of the molecule is N#CNC(=O)c1cc2cc(N3CCN(CCCCc4c[nH]c5ccc(C#N)cc45)CC3)ccc2o1. The van der Waals surface area contributed by atoms with E-state index in [1.165, 1.54) is 5.56 Å². The van der Waals surface area contributed by atoms with Gasteiger partial charge in [-0.15, -0.1) is 0 Å². The second kappa shape index (κ2) is 9.92. The fraction of sp³-hybridized carbons (Fsp3) is 0.296. The third-order valence-electron chi connectivity index (χ3n) is 6.70. The number of piperazine rings is 1. The van der Waals surface area contributed by atoms with E-state index >= 15 is 0 Å². The van der Waals surface area contributed by atoms with Gasteiger partial charge in [-0.1, -0.05) is 0 Å². The summed E-state index contributed by atoms with van der Waals surface area (Å²) in [6.07, 6.45) is 6.96. The Hall–Kier alpha value is -4.27. The predicted octanol–water partition coefficient (Wildman–Crippen LogP) is 4.14. The number of carbonyl (C=O) groups excluding carboxylic acids is 1. The Balaban J connectivity index is 1.11. The van der Waals surface area contributed by atoms with Crippen LogP contribution in [0.1, 0.15) is 34.5 Å². The zero-order chi connectivity index (χ0) is 24.2. The normalized spacial score (nSPS) is 14.2. The van der Waals surface area contributed by atoms with Gasteiger partial charge in [-0.05, 0) is 73.8 Å². The number of unbranched alkanes of at least 4 members (excludes halogenated alkanes) is 1. The van der Waals surface area contributed by atoms with Crippen molar-refractivity contribution in [3.8, 4) is 12.3 Å². The topological polar surface area (TPSA) is 112 Å². The second-order valence-electron chi connectivity index (χ2n) is 8.87. The van der Waals surface area contributed by atoms with Crippen LogP contribution in [0.2, 0.25) is 0 Å². The monoisotopic (exact) mass is 466 g/mol. The van der Waals surface area contributed by atoms with Crippen LogP contribution in [0.4, 0.5) is 5.69 Å². The molecule has 0 aliphatic carbocycles. The van der Waals surface area contributed by atoms with Crippen molar-refractivity contribution in [1.82, 2.24) is 15.2 Å². The first-order valence-electron chi connectivity index (χ1n) is 11.8. The quantitative estimate of drug-likeness (QED) is 0.240. The lowest BCUT2D eigenvalue weighted by atomic mass is 10.1. The Morgan fingerprint density at radius 2 is 1.91 bits per heavy atom. The number of rotatable bonds is 7. The summed E-state index contributed by atoms with van der Waals surface area (Å²) >= 11 is 0. The highest BCUT2D eigenvalue weighted by atomic mass is 16.3. The second-order valence-corrected chi connectivity index (χ2v) is 8.87. The highest BCUT2D eigenvalue weighted by molar-refractivity contribution is 5.97. The van der Waals surface area contributed by atoms with Crippen LogP contribution in [-0.2, 0) is 6.42 Å². The Labute approximate surface area is 203 Å². The number of nitrogens with zero attached hydrogens (tertiary/aromatic N) is 4. The third-order valence-corrected chi connectivity index (χ3v) is 6.70. The van der Waals surface area contributed by atoms with Crippen LogP contribution in [0.25, 0.3) is 21.9 Å². The average Bonchev–Trinajstić information content (AvgIpc) is 3.50. The first-order valence-corrected chi connectivity index (χ1v) is 11.8. The highest BCUT2D eigenvalue weighted by Gasteiger charge is 2.18. The number of furan rings is 1. The fourth-order valence-electron chi connectivity index (χ4n) is 4.79. The Morgan fingerprint density at radius 1 is 1.06 bits per heavy atom. The summed E-state index contributed by atoms with van der Waals surface area (Å²) in [5.74, 6) is -0.392. The molecule has 2 aromatic heterocycles. The molecule has 1 saturated heterocycles. The lowest BCUT2D eigenvalue weighted by Gasteiger charge is -2.36. The molecule has 8 heteroatoms. The van der Waals surface area contributed by atoms with Gasteiger partial charge in [0.1, 0.15) is 5.58 Å². The molecule has 1 fully saturated rings. The number of fused-ring (bicyclic) bond motifs is 2. The fourth-order valence-corrected chi connectivity index (χ4v) is 4.79. The number of benzene rings is 2. The van der Waals surface area contributed by atoms with E-state index in [1.807, 2.05) is 36.4 Å². The van der Waals surface area contributed by atoms with Crippen LogP contribution in [0.3, 0.4) is 0 Å². The number of aromatic amines is 1. The van der Waals surface area contributed by atoms with Crippen molar-refractivity contribution < 1.29 is 9.21 Å². The summed E-state index contributed by atoms with van der Waals surface area (Å²) in [6.45, 7) is 5.00. The van der Waals surface area contributed by atoms with Gasteiger partial charge in [-0.2, -0.15) is 10.5 Å². The molecule has 176 valence electrons. The van der Waals surface area contributed by atoms with Gasteiger partial charge in [0.2, 0.25) is 0 Å². The summed E-state index contributed by atoms with van der Waals surface area (Å²) in [6, 6.07) is 15.6. The minimum atomic E-state index is -0.532. The van der Waals surface area contributed by atoms with Crippen molar-refractivity contribution in [2.24, 2.45) is 0 Å². The molecular formula is C27H26N6O2. The van der Waals surface area contributed by atoms with Gasteiger partial charge in [-0.3, -0.25) is 15.0 Å². The van der Waals surface area contributed by atoms with E-state index in [0.717, 1.165) is 74.0 Å². The van der Waals surface area contributed by atoms with Gasteiger partial charge in [-0.25, -0.2) is 0 Å². The van der Waals surface area contributed by atoms with Gasteiger partial charge < -0.3 is 14.3 Å². The molecule has 0 spiro atoms. The molecule has 4 aromatic rings. The number of hydrogen-bond acceptors (Lipinski definition) is 6. The highest BCUT2D eigenvalue weighted by Crippen LogP contribution is 2.26. The van der Waals surface area contributed by atoms with Crippen molar-refractivity contribution in [2.75, 3.05) is 37.6 Å². The summed E-state index contributed by atoms with van der Waals surface area (Å²) in [5.41, 5.74) is 4.82. The van der Waals surface area contributed by atoms with E-state index in [9.17, 15) is 4.79 Å². The number of nitrogens with one attached hydrogen (secondary N) is 2. The molecule has 2 N–H and O–H groups in total. The molecule has 0 radical (unpaired) electrons. The number of aryl methyl sites for hydroxylation is 1. The van der Waals surface area contributed by atoms with Gasteiger partial charge in [0.05, 0.1) is 11.6 Å². The van der Waals surface area contributed by atoms with Crippen LogP contribution < -0.4 is 10.2 Å². The number of aromatic nitrogens is 1. The number of H-pyrrole nitrogens is 1. The number of amides is 1. The lowest BCUT2D eigenvalue weighted by Crippen LogP contribution is -2.46. The van der Waals surface area contributed by atoms with Gasteiger partial charge in [0, 0.05) is 54.4 Å². The van der Waals surface area contributed by atoms with Crippen LogP contribution in [0.15, 0.2) is 53.1 Å². The van der Waals surface area contributed by atoms with Crippen molar-refractivity contribution >= 4 is 33.5 Å². The molecule has 5 rings (SSSR count). The first-order chi connectivity index (χ1) is 17.1. The molecule has 35 heavy (non-hydrogen) atoms. The molecule has 1 aliphatic rings. The molecule has 0 bridgehead atoms. The van der Waals surface area contributed by atoms with Crippen LogP contribution >= 0.6 is 0 Å². The number of nitriles is 2. The minimum absolute atomic E-state index is 0.140. The Kier molecular flexibility index (Phi) is 6.38. The van der Waals surface area contributed by atoms with Gasteiger partial charge in [0.15, 0.2) is 12.0 Å². The Bertz CT molecular complexity index is 1450. The molecule has 0 saturated carbocycles. The van der Waals surface area contributed by atoms with Crippen LogP contribution in [0, 0.1) is 22.8 Å². The molecular weight excluding hydrogens is 440 g/mol. The standard InChI is InChI=1S/C27H26N6O2/c28-16-19-4-6-24-23(13-19)20(17-30-24)3-1-2-8-32-9-11-33(12-10-32)22-5-7-25-21(14-22)15-26(35-25)27(34)31-18-29/h4-7,13-15,17,30H,1-3,8-12H2,(H,31,34). The van der Waals surface area contributed by atoms with Crippen molar-refractivity contribution in [3.63, 3.8) is 0 Å². The van der Waals surface area contributed by atoms with E-state index in [-0.39, 0.29) is 5.76 Å². The van der Waals surface area contributed by atoms with E-state index < -0.39 is 5.91 Å². The van der Waals surface area contributed by atoms with Gasteiger partial charge in [0.25, 0.3) is 5.91 Å². The molecule has 2 aromatic carbocycles. The minimum Gasteiger partial charge on any atom is -0.451 e. The van der Waals surface area contributed by atoms with E-state index in [4.69, 9.17) is 14.9 Å². The summed E-state index contributed by atoms with van der Waals surface area (Å²) in [7, 11) is 0. The molecule has 0 unspecified atom stereocenters. The lowest BCUT2D eigenvalue weighted by molar-refractivity contribution is 0.0948. The van der Waals surface area contributed by atoms with E-state index in [0.29, 0.717) is 11.1 Å². The predicted molar refractivity (Wildman–Crippen MR) is 134 cm³/mol. The largest absolute Gasteiger partial charge is 0.451 e. The van der Waals surface area contributed by atoms with E-state index in [1.54, 1.807) is 12.3 Å². The zero-order valence-electron chi connectivity index (χ0n) is 19.4. The first kappa shape index (κ1) is 22.5. The van der Waals surface area contributed by atoms with Crippen molar-refractivity contribution in [2.45, 2.75) is 19.3 Å². The van der Waals surface area contributed by atoms with Crippen molar-refractivity contribution in [3.05, 3.63) is 65.5 Å².